The van der Waals surface area contributed by atoms with Gasteiger partial charge in [-0.05, 0) is 29.5 Å². The number of aromatic nitrogens is 2. The first-order valence-electron chi connectivity index (χ1n) is 10.1. The minimum atomic E-state index is -0.611. The monoisotopic (exact) mass is 425 g/mol. The fourth-order valence-electron chi connectivity index (χ4n) is 4.72. The van der Waals surface area contributed by atoms with E-state index in [0.29, 0.717) is 41.3 Å². The van der Waals surface area contributed by atoms with Crippen LogP contribution in [-0.4, -0.2) is 29.1 Å². The number of rotatable bonds is 3. The molecule has 8 nitrogen and oxygen atoms in total. The number of nitrogens with one attached hydrogen (secondary N) is 1. The van der Waals surface area contributed by atoms with E-state index in [2.05, 4.69) is 5.32 Å². The Kier molecular flexibility index (Phi) is 4.83. The third kappa shape index (κ3) is 3.17. The Labute approximate surface area is 180 Å². The first-order valence-corrected chi connectivity index (χ1v) is 10.1. The molecule has 164 valence electrons. The van der Waals surface area contributed by atoms with Crippen molar-refractivity contribution < 1.29 is 14.3 Å². The molecule has 2 aliphatic rings. The Morgan fingerprint density at radius 2 is 1.68 bits per heavy atom. The molecule has 0 saturated carbocycles. The molecule has 0 radical (unpaired) electrons. The summed E-state index contributed by atoms with van der Waals surface area (Å²) >= 11 is 0. The van der Waals surface area contributed by atoms with Crippen molar-refractivity contribution in [1.29, 1.82) is 0 Å². The number of hydrogen-bond acceptors (Lipinski definition) is 6. The predicted molar refractivity (Wildman–Crippen MR) is 117 cm³/mol. The van der Waals surface area contributed by atoms with Gasteiger partial charge in [0.05, 0.1) is 19.8 Å². The second-order valence-corrected chi connectivity index (χ2v) is 8.97. The highest BCUT2D eigenvalue weighted by Crippen LogP contribution is 2.48. The van der Waals surface area contributed by atoms with Gasteiger partial charge in [-0.15, -0.1) is 0 Å². The topological polar surface area (TPSA) is 91.6 Å². The number of carbonyl (C=O) groups is 1. The smallest absolute Gasteiger partial charge is 0.332 e. The molecular formula is C23H27N3O5. The molecule has 1 aromatic heterocycles. The number of hydrogen-bond donors (Lipinski definition) is 1. The van der Waals surface area contributed by atoms with Crippen molar-refractivity contribution >= 4 is 11.6 Å². The van der Waals surface area contributed by atoms with Gasteiger partial charge in [0.25, 0.3) is 5.56 Å². The van der Waals surface area contributed by atoms with Crippen molar-refractivity contribution in [2.75, 3.05) is 19.5 Å². The van der Waals surface area contributed by atoms with E-state index >= 15 is 0 Å². The Hall–Kier alpha value is -3.29. The van der Waals surface area contributed by atoms with Gasteiger partial charge in [0, 0.05) is 37.7 Å². The molecule has 1 aromatic carbocycles. The molecule has 2 aromatic rings. The van der Waals surface area contributed by atoms with Gasteiger partial charge in [-0.2, -0.15) is 0 Å². The number of allylic oxidation sites excluding steroid dienone is 2. The van der Waals surface area contributed by atoms with Crippen LogP contribution >= 0.6 is 0 Å². The minimum Gasteiger partial charge on any atom is -0.493 e. The highest BCUT2D eigenvalue weighted by atomic mass is 16.5. The van der Waals surface area contributed by atoms with Crippen LogP contribution in [0.15, 0.2) is 39.1 Å². The zero-order chi connectivity index (χ0) is 22.7. The summed E-state index contributed by atoms with van der Waals surface area (Å²) in [5, 5.41) is 3.27. The van der Waals surface area contributed by atoms with Gasteiger partial charge < -0.3 is 14.8 Å². The third-order valence-corrected chi connectivity index (χ3v) is 6.21. The number of nitrogens with zero attached hydrogens (tertiary/aromatic N) is 2. The van der Waals surface area contributed by atoms with E-state index in [4.69, 9.17) is 9.47 Å². The second-order valence-electron chi connectivity index (χ2n) is 8.97. The van der Waals surface area contributed by atoms with Gasteiger partial charge >= 0.3 is 5.69 Å². The maximum atomic E-state index is 13.3. The summed E-state index contributed by atoms with van der Waals surface area (Å²) in [6.45, 7) is 4.08. The summed E-state index contributed by atoms with van der Waals surface area (Å²) in [5.74, 6) is 0.879. The number of carbonyl (C=O) groups excluding carboxylic acids is 1. The van der Waals surface area contributed by atoms with Gasteiger partial charge in [-0.3, -0.25) is 18.7 Å². The van der Waals surface area contributed by atoms with Gasteiger partial charge in [-0.25, -0.2) is 4.79 Å². The molecule has 0 unspecified atom stereocenters. The lowest BCUT2D eigenvalue weighted by molar-refractivity contribution is -0.118. The molecule has 8 heteroatoms. The van der Waals surface area contributed by atoms with Crippen LogP contribution in [-0.2, 0) is 18.9 Å². The summed E-state index contributed by atoms with van der Waals surface area (Å²) in [6.07, 6.45) is 1.03. The number of fused-ring (bicyclic) bond motifs is 1. The highest BCUT2D eigenvalue weighted by Gasteiger charge is 2.43. The molecular weight excluding hydrogens is 398 g/mol. The van der Waals surface area contributed by atoms with Gasteiger partial charge in [0.15, 0.2) is 17.3 Å². The lowest BCUT2D eigenvalue weighted by atomic mass is 9.69. The Balaban J connectivity index is 2.06. The predicted octanol–water partition coefficient (Wildman–Crippen LogP) is 2.30. The van der Waals surface area contributed by atoms with Crippen molar-refractivity contribution in [2.24, 2.45) is 19.5 Å². The highest BCUT2D eigenvalue weighted by molar-refractivity contribution is 6.01. The normalized spacial score (nSPS) is 19.4. The van der Waals surface area contributed by atoms with Crippen LogP contribution in [0.2, 0.25) is 0 Å². The maximum absolute atomic E-state index is 13.3. The lowest BCUT2D eigenvalue weighted by Crippen LogP contribution is -2.45. The number of anilines is 1. The molecule has 1 aliphatic carbocycles. The van der Waals surface area contributed by atoms with Crippen LogP contribution in [0.3, 0.4) is 0 Å². The average molecular weight is 425 g/mol. The average Bonchev–Trinajstić information content (AvgIpc) is 2.73. The van der Waals surface area contributed by atoms with Gasteiger partial charge in [-0.1, -0.05) is 19.9 Å². The SMILES string of the molecule is COc1ccc([C@H]2C3=C(CC(C)(C)CC3=O)Nc3c2c(=O)n(C)c(=O)n3C)cc1OC. The fourth-order valence-corrected chi connectivity index (χ4v) is 4.72. The second kappa shape index (κ2) is 7.14. The number of ether oxygens (including phenoxy) is 2. The minimum absolute atomic E-state index is 0.0000843. The summed E-state index contributed by atoms with van der Waals surface area (Å²) in [7, 11) is 6.17. The molecule has 0 fully saturated rings. The Morgan fingerprint density at radius 3 is 2.32 bits per heavy atom. The van der Waals surface area contributed by atoms with Crippen LogP contribution in [0.25, 0.3) is 0 Å². The summed E-state index contributed by atoms with van der Waals surface area (Å²) in [6, 6.07) is 5.39. The molecule has 4 rings (SSSR count). The van der Waals surface area contributed by atoms with E-state index in [9.17, 15) is 14.4 Å². The number of Topliss-reactive ketones (excluding diaryl/α,β-unsaturated/α-hetero) is 1. The van der Waals surface area contributed by atoms with Gasteiger partial charge in [0.1, 0.15) is 5.82 Å². The lowest BCUT2D eigenvalue weighted by Gasteiger charge is -2.39. The zero-order valence-corrected chi connectivity index (χ0v) is 18.7. The van der Waals surface area contributed by atoms with E-state index in [0.717, 1.165) is 15.8 Å². The standard InChI is InChI=1S/C23H27N3O5/c1-23(2)10-13-18(14(27)11-23)17(12-7-8-15(30-5)16(9-12)31-6)19-20(24-13)25(3)22(29)26(4)21(19)28/h7-9,17,24H,10-11H2,1-6H3/t17-/m0/s1. The largest absolute Gasteiger partial charge is 0.493 e. The molecule has 0 bridgehead atoms. The number of ketones is 1. The molecule has 0 spiro atoms. The zero-order valence-electron chi connectivity index (χ0n) is 18.7. The molecule has 1 atom stereocenters. The van der Waals surface area contributed by atoms with E-state index in [-0.39, 0.29) is 11.2 Å². The summed E-state index contributed by atoms with van der Waals surface area (Å²) < 4.78 is 13.3. The Morgan fingerprint density at radius 1 is 1.00 bits per heavy atom. The van der Waals surface area contributed by atoms with Crippen molar-refractivity contribution in [3.8, 4) is 11.5 Å². The third-order valence-electron chi connectivity index (χ3n) is 6.21. The first kappa shape index (κ1) is 21.0. The van der Waals surface area contributed by atoms with E-state index in [1.54, 1.807) is 33.4 Å². The van der Waals surface area contributed by atoms with Crippen molar-refractivity contribution in [3.63, 3.8) is 0 Å². The van der Waals surface area contributed by atoms with Crippen molar-refractivity contribution in [3.05, 3.63) is 61.4 Å². The van der Waals surface area contributed by atoms with Crippen molar-refractivity contribution in [1.82, 2.24) is 9.13 Å². The van der Waals surface area contributed by atoms with Crippen molar-refractivity contribution in [2.45, 2.75) is 32.6 Å². The van der Waals surface area contributed by atoms with Gasteiger partial charge in [0.2, 0.25) is 0 Å². The molecule has 1 aliphatic heterocycles. The number of benzene rings is 1. The summed E-state index contributed by atoms with van der Waals surface area (Å²) in [5.41, 5.74) is 1.38. The molecule has 2 heterocycles. The van der Waals surface area contributed by atoms with Crippen LogP contribution in [0.1, 0.15) is 43.7 Å². The molecule has 0 amide bonds. The van der Waals surface area contributed by atoms with Crippen LogP contribution in [0.5, 0.6) is 11.5 Å². The maximum Gasteiger partial charge on any atom is 0.332 e. The van der Waals surface area contributed by atoms with E-state index in [1.165, 1.54) is 11.6 Å². The fraction of sp³-hybridized carbons (Fsp3) is 0.435. The summed E-state index contributed by atoms with van der Waals surface area (Å²) in [4.78, 5) is 39.2. The van der Waals surface area contributed by atoms with Crippen LogP contribution in [0.4, 0.5) is 5.82 Å². The van der Waals surface area contributed by atoms with E-state index < -0.39 is 17.2 Å². The van der Waals surface area contributed by atoms with E-state index in [1.807, 2.05) is 19.9 Å². The molecule has 1 N–H and O–H groups in total. The molecule has 31 heavy (non-hydrogen) atoms. The first-order chi connectivity index (χ1) is 14.6. The molecule has 0 saturated heterocycles. The van der Waals surface area contributed by atoms with Crippen LogP contribution in [0, 0.1) is 5.41 Å². The van der Waals surface area contributed by atoms with Crippen LogP contribution < -0.4 is 26.0 Å². The quantitative estimate of drug-likeness (QED) is 0.812. The Bertz CT molecular complexity index is 1250. The number of methoxy groups -OCH3 is 2.